The van der Waals surface area contributed by atoms with E-state index in [0.29, 0.717) is 12.0 Å². The summed E-state index contributed by atoms with van der Waals surface area (Å²) < 4.78 is 0. The molecule has 4 rings (SSSR count). The highest BCUT2D eigenvalue weighted by atomic mass is 32.1. The summed E-state index contributed by atoms with van der Waals surface area (Å²) in [5.41, 5.74) is 0.589. The number of aliphatic hydroxyl groups is 1. The Morgan fingerprint density at radius 3 is 2.68 bits per heavy atom. The predicted molar refractivity (Wildman–Crippen MR) is 103 cm³/mol. The minimum Gasteiger partial charge on any atom is -0.477 e. The molecule has 150 valence electrons. The summed E-state index contributed by atoms with van der Waals surface area (Å²) in [6.45, 7) is 3.51. The molecule has 3 amide bonds. The van der Waals surface area contributed by atoms with Crippen LogP contribution in [0.4, 0.5) is 9.80 Å². The van der Waals surface area contributed by atoms with E-state index in [2.05, 4.69) is 10.6 Å². The van der Waals surface area contributed by atoms with Crippen molar-refractivity contribution in [2.75, 3.05) is 5.32 Å². The van der Waals surface area contributed by atoms with Crippen molar-refractivity contribution in [3.05, 3.63) is 28.3 Å². The van der Waals surface area contributed by atoms with Crippen LogP contribution in [0.5, 0.6) is 0 Å². The molecule has 9 heteroatoms. The lowest BCUT2D eigenvalue weighted by Gasteiger charge is -2.47. The fourth-order valence-electron chi connectivity index (χ4n) is 4.84. The van der Waals surface area contributed by atoms with Gasteiger partial charge in [-0.15, -0.1) is 11.3 Å². The number of amides is 3. The SMILES string of the molecule is Cc1ccc(NC(=O)N[C@H]2CCC[C@H]3C2=C(C(=O)O)N2C(=O)[C@H](C(C)O)[C@@H]32)s1. The first-order valence-corrected chi connectivity index (χ1v) is 10.2. The Kier molecular flexibility index (Phi) is 4.67. The Bertz CT molecular complexity index is 877. The van der Waals surface area contributed by atoms with Gasteiger partial charge in [0, 0.05) is 10.8 Å². The molecular formula is C19H23N3O5S. The molecule has 2 aliphatic heterocycles. The summed E-state index contributed by atoms with van der Waals surface area (Å²) in [6.07, 6.45) is 1.35. The van der Waals surface area contributed by atoms with Crippen LogP contribution in [0.25, 0.3) is 0 Å². The molecule has 1 saturated carbocycles. The lowest BCUT2D eigenvalue weighted by atomic mass is 9.71. The first-order chi connectivity index (χ1) is 13.3. The van der Waals surface area contributed by atoms with Gasteiger partial charge in [-0.1, -0.05) is 6.42 Å². The van der Waals surface area contributed by atoms with E-state index in [0.717, 1.165) is 22.7 Å². The summed E-state index contributed by atoms with van der Waals surface area (Å²) in [4.78, 5) is 39.3. The van der Waals surface area contributed by atoms with E-state index in [4.69, 9.17) is 0 Å². The zero-order valence-electron chi connectivity index (χ0n) is 15.6. The maximum atomic E-state index is 12.5. The van der Waals surface area contributed by atoms with E-state index >= 15 is 0 Å². The number of carboxylic acids is 1. The molecule has 3 aliphatic rings. The van der Waals surface area contributed by atoms with Crippen molar-refractivity contribution in [3.8, 4) is 0 Å². The van der Waals surface area contributed by atoms with Gasteiger partial charge in [0.2, 0.25) is 5.91 Å². The molecule has 0 spiro atoms. The lowest BCUT2D eigenvalue weighted by Crippen LogP contribution is -2.64. The van der Waals surface area contributed by atoms with Gasteiger partial charge in [-0.25, -0.2) is 9.59 Å². The second-order valence-corrected chi connectivity index (χ2v) is 8.96. The average Bonchev–Trinajstić information content (AvgIpc) is 3.14. The summed E-state index contributed by atoms with van der Waals surface area (Å²) in [5, 5.41) is 26.2. The number of aliphatic carboxylic acids is 1. The van der Waals surface area contributed by atoms with Gasteiger partial charge in [0.05, 0.1) is 29.1 Å². The monoisotopic (exact) mass is 405 g/mol. The third-order valence-electron chi connectivity index (χ3n) is 5.90. The highest BCUT2D eigenvalue weighted by molar-refractivity contribution is 7.16. The molecule has 1 aromatic rings. The minimum atomic E-state index is -1.16. The fraction of sp³-hybridized carbons (Fsp3) is 0.526. The first-order valence-electron chi connectivity index (χ1n) is 9.42. The van der Waals surface area contributed by atoms with Crippen molar-refractivity contribution in [2.24, 2.45) is 11.8 Å². The van der Waals surface area contributed by atoms with Gasteiger partial charge in [0.1, 0.15) is 5.70 Å². The average molecular weight is 405 g/mol. The number of rotatable bonds is 4. The smallest absolute Gasteiger partial charge is 0.352 e. The number of aryl methyl sites for hydroxylation is 1. The van der Waals surface area contributed by atoms with Crippen molar-refractivity contribution in [2.45, 2.75) is 51.3 Å². The van der Waals surface area contributed by atoms with Gasteiger partial charge < -0.3 is 20.4 Å². The molecule has 1 unspecified atom stereocenters. The lowest BCUT2D eigenvalue weighted by molar-refractivity contribution is -0.163. The number of hydrogen-bond acceptors (Lipinski definition) is 5. The van der Waals surface area contributed by atoms with E-state index in [1.165, 1.54) is 16.2 Å². The molecular weight excluding hydrogens is 382 g/mol. The quantitative estimate of drug-likeness (QED) is 0.571. The fourth-order valence-corrected chi connectivity index (χ4v) is 5.61. The zero-order chi connectivity index (χ0) is 20.2. The van der Waals surface area contributed by atoms with Crippen LogP contribution in [0.15, 0.2) is 23.4 Å². The number of carbonyl (C=O) groups excluding carboxylic acids is 2. The first kappa shape index (κ1) is 18.9. The predicted octanol–water partition coefficient (Wildman–Crippen LogP) is 1.91. The molecule has 1 aliphatic carbocycles. The van der Waals surface area contributed by atoms with E-state index in [-0.39, 0.29) is 23.6 Å². The maximum absolute atomic E-state index is 12.5. The van der Waals surface area contributed by atoms with Crippen LogP contribution in [0.2, 0.25) is 0 Å². The summed E-state index contributed by atoms with van der Waals surface area (Å²) in [5.74, 6) is -2.25. The molecule has 0 bridgehead atoms. The maximum Gasteiger partial charge on any atom is 0.352 e. The van der Waals surface area contributed by atoms with E-state index < -0.39 is 30.1 Å². The van der Waals surface area contributed by atoms with Gasteiger partial charge in [-0.2, -0.15) is 0 Å². The summed E-state index contributed by atoms with van der Waals surface area (Å²) in [7, 11) is 0. The van der Waals surface area contributed by atoms with Crippen LogP contribution in [0.3, 0.4) is 0 Å². The van der Waals surface area contributed by atoms with Crippen LogP contribution in [-0.2, 0) is 9.59 Å². The second-order valence-electron chi connectivity index (χ2n) is 7.67. The number of aliphatic hydroxyl groups excluding tert-OH is 1. The third-order valence-corrected chi connectivity index (χ3v) is 6.82. The van der Waals surface area contributed by atoms with Crippen molar-refractivity contribution in [1.29, 1.82) is 0 Å². The highest BCUT2D eigenvalue weighted by Gasteiger charge is 2.62. The number of hydrogen-bond donors (Lipinski definition) is 4. The Labute approximate surface area is 166 Å². The molecule has 5 atom stereocenters. The van der Waals surface area contributed by atoms with Gasteiger partial charge in [0.15, 0.2) is 0 Å². The third kappa shape index (κ3) is 2.89. The van der Waals surface area contributed by atoms with Crippen LogP contribution in [0, 0.1) is 18.8 Å². The number of nitrogens with one attached hydrogen (secondary N) is 2. The van der Waals surface area contributed by atoms with Crippen molar-refractivity contribution >= 4 is 34.2 Å². The normalized spacial score (nSPS) is 29.7. The number of β-lactam (4-membered cyclic amide) rings is 1. The highest BCUT2D eigenvalue weighted by Crippen LogP contribution is 2.52. The topological polar surface area (TPSA) is 119 Å². The summed E-state index contributed by atoms with van der Waals surface area (Å²) in [6, 6.07) is 2.56. The molecule has 0 radical (unpaired) electrons. The summed E-state index contributed by atoms with van der Waals surface area (Å²) >= 11 is 1.46. The number of thiophene rings is 1. The van der Waals surface area contributed by atoms with Crippen molar-refractivity contribution < 1.29 is 24.6 Å². The molecule has 1 saturated heterocycles. The number of fused-ring (bicyclic) bond motifs is 3. The Morgan fingerprint density at radius 2 is 2.07 bits per heavy atom. The molecule has 1 aromatic heterocycles. The molecule has 0 aromatic carbocycles. The molecule has 2 fully saturated rings. The van der Waals surface area contributed by atoms with Gasteiger partial charge in [-0.05, 0) is 44.4 Å². The number of carbonyl (C=O) groups is 3. The number of carboxylic acid groups (broad SMARTS) is 1. The largest absolute Gasteiger partial charge is 0.477 e. The molecule has 28 heavy (non-hydrogen) atoms. The zero-order valence-corrected chi connectivity index (χ0v) is 16.5. The van der Waals surface area contributed by atoms with E-state index in [1.54, 1.807) is 6.92 Å². The van der Waals surface area contributed by atoms with Crippen LogP contribution < -0.4 is 10.6 Å². The standard InChI is InChI=1S/C19H23N3O5S/c1-8-6-7-12(28-8)21-19(27)20-11-5-3-4-10-14(11)16(18(25)26)22-15(10)13(9(2)23)17(22)24/h6-7,9-11,13,15,23H,3-5H2,1-2H3,(H,25,26)(H2,20,21,27)/t9?,10-,11-,13+,15+/m0/s1. The minimum absolute atomic E-state index is 0.0196. The van der Waals surface area contributed by atoms with Gasteiger partial charge in [-0.3, -0.25) is 10.1 Å². The molecule has 4 N–H and O–H groups in total. The van der Waals surface area contributed by atoms with Crippen molar-refractivity contribution in [3.63, 3.8) is 0 Å². The Hall–Kier alpha value is -2.39. The Morgan fingerprint density at radius 1 is 1.32 bits per heavy atom. The van der Waals surface area contributed by atoms with Gasteiger partial charge >= 0.3 is 12.0 Å². The van der Waals surface area contributed by atoms with Crippen LogP contribution >= 0.6 is 11.3 Å². The Balaban J connectivity index is 1.59. The molecule has 3 heterocycles. The van der Waals surface area contributed by atoms with E-state index in [1.807, 2.05) is 19.1 Å². The van der Waals surface area contributed by atoms with Crippen LogP contribution in [-0.4, -0.2) is 51.2 Å². The number of nitrogens with zero attached hydrogens (tertiary/aromatic N) is 1. The molecule has 8 nitrogen and oxygen atoms in total. The number of anilines is 1. The van der Waals surface area contributed by atoms with Gasteiger partial charge in [0.25, 0.3) is 0 Å². The van der Waals surface area contributed by atoms with E-state index in [9.17, 15) is 24.6 Å². The second kappa shape index (κ2) is 6.89. The van der Waals surface area contributed by atoms with Crippen LogP contribution in [0.1, 0.15) is 31.1 Å². The van der Waals surface area contributed by atoms with Crippen molar-refractivity contribution in [1.82, 2.24) is 10.2 Å². The number of urea groups is 1.